The van der Waals surface area contributed by atoms with E-state index in [1.807, 2.05) is 0 Å². The molecule has 106 valence electrons. The number of rotatable bonds is 3. The molecule has 0 aromatic heterocycles. The first-order valence-electron chi connectivity index (χ1n) is 7.09. The van der Waals surface area contributed by atoms with Crippen molar-refractivity contribution in [2.24, 2.45) is 5.73 Å². The van der Waals surface area contributed by atoms with Crippen LogP contribution in [0.1, 0.15) is 37.9 Å². The average Bonchev–Trinajstić information content (AvgIpc) is 2.33. The van der Waals surface area contributed by atoms with Crippen molar-refractivity contribution >= 4 is 0 Å². The Kier molecular flexibility index (Phi) is 4.29. The molecule has 0 amide bonds. The van der Waals surface area contributed by atoms with Gasteiger partial charge >= 0.3 is 0 Å². The van der Waals surface area contributed by atoms with Crippen molar-refractivity contribution in [3.63, 3.8) is 0 Å². The fourth-order valence-corrected chi connectivity index (χ4v) is 3.04. The number of aryl methyl sites for hydroxylation is 1. The zero-order valence-corrected chi connectivity index (χ0v) is 12.5. The lowest BCUT2D eigenvalue weighted by Gasteiger charge is -2.48. The Labute approximate surface area is 116 Å². The van der Waals surface area contributed by atoms with Gasteiger partial charge in [0.15, 0.2) is 0 Å². The lowest BCUT2D eigenvalue weighted by Crippen LogP contribution is -2.57. The van der Waals surface area contributed by atoms with Gasteiger partial charge in [-0.15, -0.1) is 0 Å². The third-order valence-electron chi connectivity index (χ3n) is 4.05. The number of benzene rings is 1. The molecule has 1 saturated heterocycles. The predicted octanol–water partition coefficient (Wildman–Crippen LogP) is 2.49. The SMILES string of the molecule is Cc1ccccc1C(C(C)N)N1CCOCC1(C)C. The molecule has 0 bridgehead atoms. The predicted molar refractivity (Wildman–Crippen MR) is 79.2 cm³/mol. The van der Waals surface area contributed by atoms with E-state index in [0.717, 1.165) is 19.8 Å². The van der Waals surface area contributed by atoms with E-state index in [2.05, 4.69) is 56.9 Å². The normalized spacial score (nSPS) is 23.0. The number of morpholine rings is 1. The summed E-state index contributed by atoms with van der Waals surface area (Å²) < 4.78 is 5.63. The van der Waals surface area contributed by atoms with Crippen LogP contribution in [0, 0.1) is 6.92 Å². The summed E-state index contributed by atoms with van der Waals surface area (Å²) in [4.78, 5) is 2.50. The number of nitrogens with two attached hydrogens (primary N) is 1. The summed E-state index contributed by atoms with van der Waals surface area (Å²) in [7, 11) is 0. The van der Waals surface area contributed by atoms with Gasteiger partial charge in [-0.3, -0.25) is 4.90 Å². The molecular formula is C16H26N2O. The van der Waals surface area contributed by atoms with E-state index in [1.165, 1.54) is 11.1 Å². The summed E-state index contributed by atoms with van der Waals surface area (Å²) in [6.07, 6.45) is 0. The van der Waals surface area contributed by atoms with Crippen LogP contribution in [0.3, 0.4) is 0 Å². The number of ether oxygens (including phenoxy) is 1. The molecule has 2 N–H and O–H groups in total. The van der Waals surface area contributed by atoms with Crippen molar-refractivity contribution < 1.29 is 4.74 Å². The van der Waals surface area contributed by atoms with Crippen LogP contribution in [0.2, 0.25) is 0 Å². The topological polar surface area (TPSA) is 38.5 Å². The molecule has 1 fully saturated rings. The van der Waals surface area contributed by atoms with Crippen molar-refractivity contribution in [1.29, 1.82) is 0 Å². The zero-order valence-electron chi connectivity index (χ0n) is 12.5. The van der Waals surface area contributed by atoms with Crippen LogP contribution in [0.4, 0.5) is 0 Å². The molecule has 0 aliphatic carbocycles. The second-order valence-corrected chi connectivity index (χ2v) is 6.22. The van der Waals surface area contributed by atoms with Crippen LogP contribution in [-0.2, 0) is 4.74 Å². The standard InChI is InChI=1S/C16H26N2O/c1-12-7-5-6-8-14(12)15(13(2)17)18-9-10-19-11-16(18,3)4/h5-8,13,15H,9-11,17H2,1-4H3. The van der Waals surface area contributed by atoms with E-state index in [-0.39, 0.29) is 17.6 Å². The Morgan fingerprint density at radius 3 is 2.58 bits per heavy atom. The van der Waals surface area contributed by atoms with E-state index in [4.69, 9.17) is 10.5 Å². The fraction of sp³-hybridized carbons (Fsp3) is 0.625. The molecule has 2 rings (SSSR count). The molecule has 2 unspecified atom stereocenters. The van der Waals surface area contributed by atoms with Crippen LogP contribution >= 0.6 is 0 Å². The monoisotopic (exact) mass is 262 g/mol. The molecule has 1 aromatic carbocycles. The molecule has 0 saturated carbocycles. The van der Waals surface area contributed by atoms with E-state index in [1.54, 1.807) is 0 Å². The molecule has 3 heteroatoms. The van der Waals surface area contributed by atoms with Crippen molar-refractivity contribution in [1.82, 2.24) is 4.90 Å². The number of nitrogens with zero attached hydrogens (tertiary/aromatic N) is 1. The third kappa shape index (κ3) is 2.99. The maximum atomic E-state index is 6.31. The summed E-state index contributed by atoms with van der Waals surface area (Å²) >= 11 is 0. The van der Waals surface area contributed by atoms with Crippen molar-refractivity contribution in [2.75, 3.05) is 19.8 Å². The Bertz CT molecular complexity index is 429. The summed E-state index contributed by atoms with van der Waals surface area (Å²) in [6, 6.07) is 8.90. The molecule has 19 heavy (non-hydrogen) atoms. The van der Waals surface area contributed by atoms with Crippen molar-refractivity contribution in [3.05, 3.63) is 35.4 Å². The number of hydrogen-bond donors (Lipinski definition) is 1. The Hall–Kier alpha value is -0.900. The van der Waals surface area contributed by atoms with Crippen LogP contribution in [0.15, 0.2) is 24.3 Å². The van der Waals surface area contributed by atoms with Gasteiger partial charge in [-0.05, 0) is 38.8 Å². The molecule has 1 aliphatic heterocycles. The van der Waals surface area contributed by atoms with Gasteiger partial charge < -0.3 is 10.5 Å². The van der Waals surface area contributed by atoms with Gasteiger partial charge in [-0.25, -0.2) is 0 Å². The highest BCUT2D eigenvalue weighted by Gasteiger charge is 2.38. The Morgan fingerprint density at radius 2 is 2.00 bits per heavy atom. The second kappa shape index (κ2) is 5.61. The first-order valence-corrected chi connectivity index (χ1v) is 7.09. The number of hydrogen-bond acceptors (Lipinski definition) is 3. The van der Waals surface area contributed by atoms with Crippen LogP contribution in [0.25, 0.3) is 0 Å². The van der Waals surface area contributed by atoms with Gasteiger partial charge in [0.1, 0.15) is 0 Å². The quantitative estimate of drug-likeness (QED) is 0.909. The minimum Gasteiger partial charge on any atom is -0.378 e. The minimum atomic E-state index is 0.0266. The summed E-state index contributed by atoms with van der Waals surface area (Å²) in [5, 5.41) is 0. The van der Waals surface area contributed by atoms with Gasteiger partial charge in [0.2, 0.25) is 0 Å². The van der Waals surface area contributed by atoms with E-state index in [0.29, 0.717) is 0 Å². The van der Waals surface area contributed by atoms with Crippen LogP contribution in [-0.4, -0.2) is 36.2 Å². The van der Waals surface area contributed by atoms with Crippen molar-refractivity contribution in [2.45, 2.75) is 45.3 Å². The van der Waals surface area contributed by atoms with Gasteiger partial charge in [0.05, 0.1) is 19.3 Å². The molecule has 0 radical (unpaired) electrons. The summed E-state index contributed by atoms with van der Waals surface area (Å²) in [5.74, 6) is 0. The lowest BCUT2D eigenvalue weighted by atomic mass is 9.90. The minimum absolute atomic E-state index is 0.0266. The summed E-state index contributed by atoms with van der Waals surface area (Å²) in [5.41, 5.74) is 8.99. The summed E-state index contributed by atoms with van der Waals surface area (Å²) in [6.45, 7) is 11.2. The highest BCUT2D eigenvalue weighted by Crippen LogP contribution is 2.33. The molecule has 1 heterocycles. The Balaban J connectivity index is 2.38. The van der Waals surface area contributed by atoms with E-state index >= 15 is 0 Å². The van der Waals surface area contributed by atoms with Gasteiger partial charge in [0.25, 0.3) is 0 Å². The van der Waals surface area contributed by atoms with Gasteiger partial charge in [-0.2, -0.15) is 0 Å². The van der Waals surface area contributed by atoms with E-state index in [9.17, 15) is 0 Å². The first-order chi connectivity index (χ1) is 8.93. The molecule has 1 aromatic rings. The maximum absolute atomic E-state index is 6.31. The van der Waals surface area contributed by atoms with Crippen LogP contribution in [0.5, 0.6) is 0 Å². The smallest absolute Gasteiger partial charge is 0.0645 e. The van der Waals surface area contributed by atoms with Crippen molar-refractivity contribution in [3.8, 4) is 0 Å². The van der Waals surface area contributed by atoms with Gasteiger partial charge in [0, 0.05) is 18.1 Å². The first kappa shape index (κ1) is 14.5. The highest BCUT2D eigenvalue weighted by atomic mass is 16.5. The molecule has 3 nitrogen and oxygen atoms in total. The Morgan fingerprint density at radius 1 is 1.32 bits per heavy atom. The molecule has 0 spiro atoms. The van der Waals surface area contributed by atoms with E-state index < -0.39 is 0 Å². The molecule has 1 aliphatic rings. The second-order valence-electron chi connectivity index (χ2n) is 6.22. The zero-order chi connectivity index (χ0) is 14.0. The molecular weight excluding hydrogens is 236 g/mol. The van der Waals surface area contributed by atoms with Gasteiger partial charge in [-0.1, -0.05) is 24.3 Å². The van der Waals surface area contributed by atoms with Crippen LogP contribution < -0.4 is 5.73 Å². The highest BCUT2D eigenvalue weighted by molar-refractivity contribution is 5.30. The average molecular weight is 262 g/mol. The fourth-order valence-electron chi connectivity index (χ4n) is 3.04. The maximum Gasteiger partial charge on any atom is 0.0645 e. The molecule has 2 atom stereocenters. The largest absolute Gasteiger partial charge is 0.378 e. The third-order valence-corrected chi connectivity index (χ3v) is 4.05. The lowest BCUT2D eigenvalue weighted by molar-refractivity contribution is -0.0767.